The van der Waals surface area contributed by atoms with Gasteiger partial charge < -0.3 is 4.74 Å². The summed E-state index contributed by atoms with van der Waals surface area (Å²) in [6, 6.07) is 1.05. The van der Waals surface area contributed by atoms with Crippen molar-refractivity contribution in [3.63, 3.8) is 0 Å². The molecule has 1 aromatic heterocycles. The summed E-state index contributed by atoms with van der Waals surface area (Å²) in [6.07, 6.45) is -4.82. The molecule has 0 saturated carbocycles. The quantitative estimate of drug-likeness (QED) is 0.542. The summed E-state index contributed by atoms with van der Waals surface area (Å²) < 4.78 is 63.5. The summed E-state index contributed by atoms with van der Waals surface area (Å²) in [4.78, 5) is 2.65. The molecule has 1 aromatic rings. The second-order valence-corrected chi connectivity index (χ2v) is 2.26. The molecule has 15 heavy (non-hydrogen) atoms. The van der Waals surface area contributed by atoms with Gasteiger partial charge in [0.1, 0.15) is 11.6 Å². The first-order chi connectivity index (χ1) is 6.85. The molecule has 0 spiro atoms. The molecule has 0 radical (unpaired) electrons. The molecule has 0 aliphatic carbocycles. The number of hydrogen-bond donors (Lipinski definition) is 0. The van der Waals surface area contributed by atoms with E-state index in [0.29, 0.717) is 0 Å². The third-order valence-electron chi connectivity index (χ3n) is 1.28. The van der Waals surface area contributed by atoms with Crippen LogP contribution in [0.15, 0.2) is 6.20 Å². The molecule has 0 fully saturated rings. The van der Waals surface area contributed by atoms with E-state index in [1.807, 2.05) is 0 Å². The fraction of sp³-hybridized carbons (Fsp3) is 0.143. The lowest BCUT2D eigenvalue weighted by Crippen LogP contribution is -2.18. The van der Waals surface area contributed by atoms with Crippen LogP contribution in [-0.2, 0) is 0 Å². The van der Waals surface area contributed by atoms with E-state index in [1.165, 1.54) is 0 Å². The van der Waals surface area contributed by atoms with Gasteiger partial charge in [0.25, 0.3) is 5.95 Å². The first-order valence-electron chi connectivity index (χ1n) is 3.35. The molecule has 80 valence electrons. The zero-order valence-corrected chi connectivity index (χ0v) is 6.77. The molecule has 0 aliphatic rings. The van der Waals surface area contributed by atoms with Gasteiger partial charge in [-0.15, -0.1) is 13.2 Å². The number of halogens is 5. The average Bonchev–Trinajstić information content (AvgIpc) is 2.10. The van der Waals surface area contributed by atoms with E-state index >= 15 is 0 Å². The number of alkyl halides is 3. The van der Waals surface area contributed by atoms with Crippen LogP contribution in [0.4, 0.5) is 22.0 Å². The Balaban J connectivity index is 3.21. The molecule has 0 N–H and O–H groups in total. The van der Waals surface area contributed by atoms with E-state index in [0.717, 1.165) is 6.07 Å². The van der Waals surface area contributed by atoms with Crippen LogP contribution in [0.1, 0.15) is 5.56 Å². The van der Waals surface area contributed by atoms with Crippen molar-refractivity contribution < 1.29 is 26.7 Å². The molecule has 0 aliphatic heterocycles. The molecule has 1 heterocycles. The number of nitrogens with zero attached hydrogens (tertiary/aromatic N) is 2. The summed E-state index contributed by atoms with van der Waals surface area (Å²) in [5.41, 5.74) is -1.18. The van der Waals surface area contributed by atoms with Crippen LogP contribution in [-0.4, -0.2) is 11.3 Å². The second-order valence-electron chi connectivity index (χ2n) is 2.26. The van der Waals surface area contributed by atoms with Gasteiger partial charge in [-0.3, -0.25) is 0 Å². The van der Waals surface area contributed by atoms with Crippen LogP contribution in [0.25, 0.3) is 0 Å². The van der Waals surface area contributed by atoms with Gasteiger partial charge in [0.15, 0.2) is 11.6 Å². The van der Waals surface area contributed by atoms with Crippen LogP contribution in [0.3, 0.4) is 0 Å². The van der Waals surface area contributed by atoms with Crippen molar-refractivity contribution in [3.8, 4) is 11.8 Å². The maximum absolute atomic E-state index is 12.7. The van der Waals surface area contributed by atoms with E-state index in [9.17, 15) is 22.0 Å². The molecule has 0 amide bonds. The fourth-order valence-corrected chi connectivity index (χ4v) is 0.754. The van der Waals surface area contributed by atoms with Crippen molar-refractivity contribution in [2.45, 2.75) is 6.36 Å². The van der Waals surface area contributed by atoms with E-state index < -0.39 is 29.4 Å². The van der Waals surface area contributed by atoms with Crippen molar-refractivity contribution in [2.75, 3.05) is 0 Å². The number of nitriles is 1. The van der Waals surface area contributed by atoms with Crippen molar-refractivity contribution in [3.05, 3.63) is 23.5 Å². The van der Waals surface area contributed by atoms with Crippen molar-refractivity contribution in [2.24, 2.45) is 0 Å². The van der Waals surface area contributed by atoms with Crippen molar-refractivity contribution in [1.82, 2.24) is 4.98 Å². The molecular formula is C7HF5N2O. The standard InChI is InChI=1S/C7HF5N2O/c8-5-3(1-13)4(2-14-6(5)9)15-7(10,11)12/h2H. The van der Waals surface area contributed by atoms with E-state index in [2.05, 4.69) is 9.72 Å². The Morgan fingerprint density at radius 2 is 1.93 bits per heavy atom. The number of rotatable bonds is 1. The molecule has 8 heteroatoms. The zero-order chi connectivity index (χ0) is 11.6. The van der Waals surface area contributed by atoms with Crippen LogP contribution in [0, 0.1) is 23.1 Å². The van der Waals surface area contributed by atoms with E-state index in [-0.39, 0.29) is 6.20 Å². The van der Waals surface area contributed by atoms with Crippen molar-refractivity contribution >= 4 is 0 Å². The van der Waals surface area contributed by atoms with Gasteiger partial charge in [-0.25, -0.2) is 9.37 Å². The Bertz CT molecular complexity index is 423. The third kappa shape index (κ3) is 2.52. The highest BCUT2D eigenvalue weighted by Gasteiger charge is 2.33. The normalized spacial score (nSPS) is 10.9. The highest BCUT2D eigenvalue weighted by atomic mass is 19.4. The average molecular weight is 224 g/mol. The largest absolute Gasteiger partial charge is 0.573 e. The van der Waals surface area contributed by atoms with Crippen LogP contribution in [0.5, 0.6) is 5.75 Å². The smallest absolute Gasteiger partial charge is 0.403 e. The van der Waals surface area contributed by atoms with Gasteiger partial charge in [0.05, 0.1) is 6.20 Å². The summed E-state index contributed by atoms with van der Waals surface area (Å²) >= 11 is 0. The lowest BCUT2D eigenvalue weighted by molar-refractivity contribution is -0.274. The molecule has 3 nitrogen and oxygen atoms in total. The SMILES string of the molecule is N#Cc1c(OC(F)(F)F)cnc(F)c1F. The third-order valence-corrected chi connectivity index (χ3v) is 1.28. The minimum atomic E-state index is -5.10. The minimum absolute atomic E-state index is 0.282. The summed E-state index contributed by atoms with van der Waals surface area (Å²) in [7, 11) is 0. The molecule has 0 unspecified atom stereocenters. The monoisotopic (exact) mass is 224 g/mol. The van der Waals surface area contributed by atoms with Gasteiger partial charge in [-0.1, -0.05) is 0 Å². The van der Waals surface area contributed by atoms with Crippen LogP contribution < -0.4 is 4.74 Å². The Kier molecular flexibility index (Phi) is 2.74. The summed E-state index contributed by atoms with van der Waals surface area (Å²) in [6.45, 7) is 0. The Labute approximate surface area is 79.7 Å². The number of aromatic nitrogens is 1. The molecule has 0 aromatic carbocycles. The lowest BCUT2D eigenvalue weighted by Gasteiger charge is -2.09. The summed E-state index contributed by atoms with van der Waals surface area (Å²) in [5, 5.41) is 8.29. The molecule has 0 saturated heterocycles. The zero-order valence-electron chi connectivity index (χ0n) is 6.77. The maximum atomic E-state index is 12.7. The molecule has 0 atom stereocenters. The van der Waals surface area contributed by atoms with Gasteiger partial charge in [0, 0.05) is 0 Å². The highest BCUT2D eigenvalue weighted by molar-refractivity contribution is 5.41. The Hall–Kier alpha value is -1.91. The predicted octanol–water partition coefficient (Wildman–Crippen LogP) is 2.13. The highest BCUT2D eigenvalue weighted by Crippen LogP contribution is 2.27. The number of ether oxygens (including phenoxy) is 1. The lowest BCUT2D eigenvalue weighted by atomic mass is 10.2. The topological polar surface area (TPSA) is 45.9 Å². The second kappa shape index (κ2) is 3.68. The first kappa shape index (κ1) is 11.2. The van der Waals surface area contributed by atoms with E-state index in [4.69, 9.17) is 5.26 Å². The van der Waals surface area contributed by atoms with Crippen LogP contribution in [0.2, 0.25) is 0 Å². The minimum Gasteiger partial charge on any atom is -0.403 e. The number of hydrogen-bond acceptors (Lipinski definition) is 3. The number of pyridine rings is 1. The first-order valence-corrected chi connectivity index (χ1v) is 3.35. The van der Waals surface area contributed by atoms with E-state index in [1.54, 1.807) is 0 Å². The predicted molar refractivity (Wildman–Crippen MR) is 35.6 cm³/mol. The Morgan fingerprint density at radius 3 is 2.40 bits per heavy atom. The van der Waals surface area contributed by atoms with Crippen molar-refractivity contribution in [1.29, 1.82) is 5.26 Å². The Morgan fingerprint density at radius 1 is 1.33 bits per heavy atom. The van der Waals surface area contributed by atoms with Gasteiger partial charge in [0.2, 0.25) is 0 Å². The fourth-order valence-electron chi connectivity index (χ4n) is 0.754. The van der Waals surface area contributed by atoms with Gasteiger partial charge in [-0.05, 0) is 0 Å². The summed E-state index contributed by atoms with van der Waals surface area (Å²) in [5.74, 6) is -4.62. The van der Waals surface area contributed by atoms with Crippen LogP contribution >= 0.6 is 0 Å². The molecule has 1 rings (SSSR count). The van der Waals surface area contributed by atoms with Gasteiger partial charge in [-0.2, -0.15) is 9.65 Å². The maximum Gasteiger partial charge on any atom is 0.573 e. The molecular weight excluding hydrogens is 223 g/mol. The molecule has 0 bridgehead atoms. The van der Waals surface area contributed by atoms with Gasteiger partial charge >= 0.3 is 6.36 Å².